The third-order valence-electron chi connectivity index (χ3n) is 5.72. The van der Waals surface area contributed by atoms with E-state index in [2.05, 4.69) is 44.3 Å². The van der Waals surface area contributed by atoms with Crippen molar-refractivity contribution in [3.05, 3.63) is 40.6 Å². The zero-order valence-corrected chi connectivity index (χ0v) is 15.5. The first-order valence-electron chi connectivity index (χ1n) is 9.22. The number of hydrogen-bond donors (Lipinski definition) is 1. The molecule has 1 fully saturated rings. The van der Waals surface area contributed by atoms with Gasteiger partial charge < -0.3 is 9.88 Å². The third kappa shape index (κ3) is 3.51. The van der Waals surface area contributed by atoms with Crippen LogP contribution in [0.25, 0.3) is 0 Å². The monoisotopic (exact) mass is 358 g/mol. The molecule has 0 aromatic carbocycles. The number of hydrogen-bond acceptors (Lipinski definition) is 4. The van der Waals surface area contributed by atoms with E-state index in [0.29, 0.717) is 12.0 Å². The minimum absolute atomic E-state index is 0.0886. The lowest BCUT2D eigenvalue weighted by Gasteiger charge is -2.39. The number of rotatable bonds is 4. The van der Waals surface area contributed by atoms with Crippen LogP contribution in [0.5, 0.6) is 0 Å². The number of piperidine rings is 1. The van der Waals surface area contributed by atoms with Gasteiger partial charge in [-0.05, 0) is 50.2 Å². The molecule has 0 aliphatic carbocycles. The van der Waals surface area contributed by atoms with Crippen molar-refractivity contribution in [2.24, 2.45) is 11.8 Å². The maximum Gasteiger partial charge on any atom is 0.223 e. The number of nitrogens with one attached hydrogen (secondary N) is 1. The van der Waals surface area contributed by atoms with Crippen LogP contribution >= 0.6 is 11.3 Å². The van der Waals surface area contributed by atoms with Crippen LogP contribution in [0.15, 0.2) is 30.0 Å². The fourth-order valence-electron chi connectivity index (χ4n) is 4.35. The second-order valence-corrected chi connectivity index (χ2v) is 8.34. The molecule has 2 aromatic heterocycles. The van der Waals surface area contributed by atoms with Crippen LogP contribution in [0.4, 0.5) is 0 Å². The van der Waals surface area contributed by atoms with E-state index in [1.54, 1.807) is 0 Å². The van der Waals surface area contributed by atoms with E-state index in [1.807, 2.05) is 23.9 Å². The lowest BCUT2D eigenvalue weighted by Crippen LogP contribution is -2.43. The molecule has 0 spiro atoms. The highest BCUT2D eigenvalue weighted by Gasteiger charge is 2.32. The normalized spacial score (nSPS) is 27.0. The molecule has 0 bridgehead atoms. The van der Waals surface area contributed by atoms with Crippen molar-refractivity contribution in [3.63, 3.8) is 0 Å². The van der Waals surface area contributed by atoms with Crippen molar-refractivity contribution in [1.82, 2.24) is 19.8 Å². The van der Waals surface area contributed by atoms with E-state index in [4.69, 9.17) is 0 Å². The highest BCUT2D eigenvalue weighted by Crippen LogP contribution is 2.36. The summed E-state index contributed by atoms with van der Waals surface area (Å²) in [6.07, 6.45) is 7.88. The van der Waals surface area contributed by atoms with E-state index in [9.17, 15) is 4.79 Å². The number of thiophene rings is 1. The minimum atomic E-state index is 0.0886. The van der Waals surface area contributed by atoms with Crippen molar-refractivity contribution < 1.29 is 4.79 Å². The molecule has 3 atom stereocenters. The van der Waals surface area contributed by atoms with E-state index in [-0.39, 0.29) is 11.8 Å². The van der Waals surface area contributed by atoms with Gasteiger partial charge in [0.25, 0.3) is 0 Å². The summed E-state index contributed by atoms with van der Waals surface area (Å²) in [6.45, 7) is 2.82. The summed E-state index contributed by atoms with van der Waals surface area (Å²) >= 11 is 1.83. The van der Waals surface area contributed by atoms with E-state index < -0.39 is 0 Å². The molecule has 1 N–H and O–H groups in total. The van der Waals surface area contributed by atoms with Gasteiger partial charge in [0.2, 0.25) is 5.91 Å². The SMILES string of the molecule is CN1CCCC(CNC(=O)C2CCn3cncc3C2)C1c1cccs1. The first-order chi connectivity index (χ1) is 12.2. The zero-order valence-electron chi connectivity index (χ0n) is 14.7. The molecule has 4 heterocycles. The van der Waals surface area contributed by atoms with Crippen LogP contribution in [0.2, 0.25) is 0 Å². The van der Waals surface area contributed by atoms with E-state index in [0.717, 1.165) is 32.5 Å². The number of nitrogens with zero attached hydrogens (tertiary/aromatic N) is 3. The lowest BCUT2D eigenvalue weighted by molar-refractivity contribution is -0.126. The van der Waals surface area contributed by atoms with Gasteiger partial charge in [-0.15, -0.1) is 11.3 Å². The van der Waals surface area contributed by atoms with Crippen molar-refractivity contribution in [2.75, 3.05) is 20.1 Å². The predicted octanol–water partition coefficient (Wildman–Crippen LogP) is 2.71. The van der Waals surface area contributed by atoms with Crippen molar-refractivity contribution in [2.45, 2.75) is 38.3 Å². The lowest BCUT2D eigenvalue weighted by atomic mass is 9.88. The molecule has 134 valence electrons. The largest absolute Gasteiger partial charge is 0.356 e. The minimum Gasteiger partial charge on any atom is -0.356 e. The van der Waals surface area contributed by atoms with Crippen LogP contribution in [0.3, 0.4) is 0 Å². The average Bonchev–Trinajstić information content (AvgIpc) is 3.30. The van der Waals surface area contributed by atoms with E-state index in [1.165, 1.54) is 23.4 Å². The molecular weight excluding hydrogens is 332 g/mol. The molecular formula is C19H26N4OS. The quantitative estimate of drug-likeness (QED) is 0.914. The zero-order chi connectivity index (χ0) is 17.2. The molecule has 0 radical (unpaired) electrons. The van der Waals surface area contributed by atoms with Gasteiger partial charge in [-0.25, -0.2) is 4.98 Å². The van der Waals surface area contributed by atoms with Gasteiger partial charge in [-0.1, -0.05) is 6.07 Å². The second-order valence-electron chi connectivity index (χ2n) is 7.36. The molecule has 1 amide bonds. The third-order valence-corrected chi connectivity index (χ3v) is 6.67. The van der Waals surface area contributed by atoms with E-state index >= 15 is 0 Å². The van der Waals surface area contributed by atoms with Crippen LogP contribution in [0, 0.1) is 11.8 Å². The molecule has 1 saturated heterocycles. The summed E-state index contributed by atoms with van der Waals surface area (Å²) in [5.41, 5.74) is 1.18. The molecule has 4 rings (SSSR count). The summed E-state index contributed by atoms with van der Waals surface area (Å²) in [4.78, 5) is 20.8. The number of likely N-dealkylation sites (tertiary alicyclic amines) is 1. The Bertz CT molecular complexity index is 711. The highest BCUT2D eigenvalue weighted by atomic mass is 32.1. The standard InChI is InChI=1S/C19H26N4OS/c1-22-7-2-4-15(18(22)17-5-3-9-25-17)11-21-19(24)14-6-8-23-13-20-12-16(23)10-14/h3,5,9,12-15,18H,2,4,6-8,10-11H2,1H3,(H,21,24). The van der Waals surface area contributed by atoms with Gasteiger partial charge in [-0.2, -0.15) is 0 Å². The Kier molecular flexibility index (Phi) is 4.90. The first-order valence-corrected chi connectivity index (χ1v) is 10.1. The van der Waals surface area contributed by atoms with Crippen molar-refractivity contribution >= 4 is 17.2 Å². The van der Waals surface area contributed by atoms with Crippen LogP contribution in [-0.4, -0.2) is 40.5 Å². The van der Waals surface area contributed by atoms with Gasteiger partial charge >= 0.3 is 0 Å². The number of aryl methyl sites for hydroxylation is 1. The van der Waals surface area contributed by atoms with Crippen LogP contribution in [-0.2, 0) is 17.8 Å². The Morgan fingerprint density at radius 2 is 2.32 bits per heavy atom. The highest BCUT2D eigenvalue weighted by molar-refractivity contribution is 7.10. The Hall–Kier alpha value is -1.66. The molecule has 2 aliphatic rings. The maximum atomic E-state index is 12.7. The molecule has 0 saturated carbocycles. The molecule has 3 unspecified atom stereocenters. The average molecular weight is 359 g/mol. The summed E-state index contributed by atoms with van der Waals surface area (Å²) in [7, 11) is 2.21. The summed E-state index contributed by atoms with van der Waals surface area (Å²) in [5.74, 6) is 0.798. The number of carbonyl (C=O) groups excluding carboxylic acids is 1. The predicted molar refractivity (Wildman–Crippen MR) is 99.5 cm³/mol. The van der Waals surface area contributed by atoms with Gasteiger partial charge in [-0.3, -0.25) is 9.69 Å². The number of fused-ring (bicyclic) bond motifs is 1. The number of imidazole rings is 1. The molecule has 6 heteroatoms. The molecule has 5 nitrogen and oxygen atoms in total. The topological polar surface area (TPSA) is 50.2 Å². The van der Waals surface area contributed by atoms with Gasteiger partial charge in [0.15, 0.2) is 0 Å². The first kappa shape index (κ1) is 16.8. The number of carbonyl (C=O) groups is 1. The molecule has 25 heavy (non-hydrogen) atoms. The van der Waals surface area contributed by atoms with Crippen molar-refractivity contribution in [3.8, 4) is 0 Å². The molecule has 2 aliphatic heterocycles. The maximum absolute atomic E-state index is 12.7. The van der Waals surface area contributed by atoms with Crippen molar-refractivity contribution in [1.29, 1.82) is 0 Å². The Morgan fingerprint density at radius 1 is 1.40 bits per heavy atom. The fourth-order valence-corrected chi connectivity index (χ4v) is 5.33. The van der Waals surface area contributed by atoms with Gasteiger partial charge in [0, 0.05) is 48.2 Å². The Morgan fingerprint density at radius 3 is 3.16 bits per heavy atom. The van der Waals surface area contributed by atoms with Crippen LogP contribution < -0.4 is 5.32 Å². The number of amides is 1. The molecule has 2 aromatic rings. The summed E-state index contributed by atoms with van der Waals surface area (Å²) < 4.78 is 2.16. The second kappa shape index (κ2) is 7.30. The van der Waals surface area contributed by atoms with Gasteiger partial charge in [0.05, 0.1) is 6.33 Å². The van der Waals surface area contributed by atoms with Crippen LogP contribution in [0.1, 0.15) is 35.9 Å². The Balaban J connectivity index is 1.37. The summed E-state index contributed by atoms with van der Waals surface area (Å²) in [6, 6.07) is 4.79. The fraction of sp³-hybridized carbons (Fsp3) is 0.579. The summed E-state index contributed by atoms with van der Waals surface area (Å²) in [5, 5.41) is 5.42. The smallest absolute Gasteiger partial charge is 0.223 e. The Labute approximate surface area is 153 Å². The van der Waals surface area contributed by atoms with Gasteiger partial charge in [0.1, 0.15) is 0 Å². The number of aromatic nitrogens is 2.